The summed E-state index contributed by atoms with van der Waals surface area (Å²) in [7, 11) is 1.91. The highest BCUT2D eigenvalue weighted by molar-refractivity contribution is 6.30. The van der Waals surface area contributed by atoms with Crippen molar-refractivity contribution in [1.82, 2.24) is 20.4 Å². The number of aryl methyl sites for hydroxylation is 1. The highest BCUT2D eigenvalue weighted by Crippen LogP contribution is 2.48. The maximum atomic E-state index is 12.8. The zero-order valence-electron chi connectivity index (χ0n) is 14.7. The van der Waals surface area contributed by atoms with E-state index in [0.717, 1.165) is 36.5 Å². The highest BCUT2D eigenvalue weighted by atomic mass is 35.5. The molecule has 2 aromatic rings. The van der Waals surface area contributed by atoms with Crippen LogP contribution in [0.15, 0.2) is 36.7 Å². The van der Waals surface area contributed by atoms with E-state index in [0.29, 0.717) is 6.54 Å². The zero-order chi connectivity index (χ0) is 17.4. The standard InChI is InChI=1S/C19H23ClN4O.ClH/c1-24-11-13(8-23-24)16-9-21-10-17(16)18(25)22-12-19(5-6-19)14-3-2-4-15(20)7-14;/h2-4,7-8,11,16-17,21H,5-6,9-10,12H2,1H3,(H,22,25);1H/t16-,17+;/m1./s1. The van der Waals surface area contributed by atoms with Gasteiger partial charge in [0.15, 0.2) is 0 Å². The van der Waals surface area contributed by atoms with Gasteiger partial charge in [-0.25, -0.2) is 0 Å². The van der Waals surface area contributed by atoms with E-state index in [2.05, 4.69) is 21.8 Å². The molecule has 1 amide bonds. The summed E-state index contributed by atoms with van der Waals surface area (Å²) in [6, 6.07) is 8.01. The molecule has 2 N–H and O–H groups in total. The van der Waals surface area contributed by atoms with E-state index in [-0.39, 0.29) is 35.6 Å². The largest absolute Gasteiger partial charge is 0.355 e. The van der Waals surface area contributed by atoms with Crippen molar-refractivity contribution >= 4 is 29.9 Å². The number of amides is 1. The topological polar surface area (TPSA) is 59.0 Å². The first kappa shape index (κ1) is 19.2. The number of halogens is 2. The second kappa shape index (κ2) is 7.59. The van der Waals surface area contributed by atoms with E-state index < -0.39 is 0 Å². The molecule has 1 aliphatic carbocycles. The van der Waals surface area contributed by atoms with E-state index in [1.807, 2.05) is 37.6 Å². The third kappa shape index (κ3) is 3.75. The van der Waals surface area contributed by atoms with Crippen LogP contribution in [0.1, 0.15) is 29.9 Å². The molecule has 2 atom stereocenters. The van der Waals surface area contributed by atoms with Gasteiger partial charge >= 0.3 is 0 Å². The number of benzene rings is 1. The molecule has 1 aromatic carbocycles. The monoisotopic (exact) mass is 394 g/mol. The molecule has 140 valence electrons. The highest BCUT2D eigenvalue weighted by Gasteiger charge is 2.45. The Morgan fingerprint density at radius 2 is 2.23 bits per heavy atom. The predicted molar refractivity (Wildman–Crippen MR) is 105 cm³/mol. The molecular weight excluding hydrogens is 371 g/mol. The molecule has 1 saturated carbocycles. The summed E-state index contributed by atoms with van der Waals surface area (Å²) in [5.74, 6) is 0.279. The number of hydrogen-bond acceptors (Lipinski definition) is 3. The lowest BCUT2D eigenvalue weighted by molar-refractivity contribution is -0.124. The van der Waals surface area contributed by atoms with Gasteiger partial charge in [-0.1, -0.05) is 23.7 Å². The smallest absolute Gasteiger partial charge is 0.225 e. The molecule has 2 heterocycles. The van der Waals surface area contributed by atoms with Crippen LogP contribution in [0.25, 0.3) is 0 Å². The molecule has 2 aliphatic rings. The first-order valence-electron chi connectivity index (χ1n) is 8.80. The van der Waals surface area contributed by atoms with Crippen molar-refractivity contribution < 1.29 is 4.79 Å². The number of carbonyl (C=O) groups is 1. The molecule has 4 rings (SSSR count). The van der Waals surface area contributed by atoms with E-state index in [9.17, 15) is 4.79 Å². The van der Waals surface area contributed by atoms with E-state index >= 15 is 0 Å². The summed E-state index contributed by atoms with van der Waals surface area (Å²) in [6.07, 6.45) is 6.07. The van der Waals surface area contributed by atoms with Crippen molar-refractivity contribution in [1.29, 1.82) is 0 Å². The Morgan fingerprint density at radius 3 is 2.88 bits per heavy atom. The molecule has 0 spiro atoms. The molecule has 0 radical (unpaired) electrons. The lowest BCUT2D eigenvalue weighted by Crippen LogP contribution is -2.38. The van der Waals surface area contributed by atoms with E-state index in [1.54, 1.807) is 4.68 Å². The average molecular weight is 395 g/mol. The van der Waals surface area contributed by atoms with Gasteiger partial charge in [-0.2, -0.15) is 5.10 Å². The Bertz CT molecular complexity index is 787. The number of carbonyl (C=O) groups excluding carboxylic acids is 1. The number of aromatic nitrogens is 2. The second-order valence-electron chi connectivity index (χ2n) is 7.33. The first-order chi connectivity index (χ1) is 12.1. The molecule has 1 aromatic heterocycles. The van der Waals surface area contributed by atoms with Crippen LogP contribution in [0.5, 0.6) is 0 Å². The van der Waals surface area contributed by atoms with Gasteiger partial charge in [0, 0.05) is 49.2 Å². The van der Waals surface area contributed by atoms with Crippen molar-refractivity contribution in [2.75, 3.05) is 19.6 Å². The molecule has 2 fully saturated rings. The van der Waals surface area contributed by atoms with Gasteiger partial charge in [0.2, 0.25) is 5.91 Å². The van der Waals surface area contributed by atoms with Gasteiger partial charge in [-0.3, -0.25) is 9.48 Å². The van der Waals surface area contributed by atoms with Crippen LogP contribution in [0.2, 0.25) is 5.02 Å². The normalized spacial score (nSPS) is 23.3. The molecule has 7 heteroatoms. The molecule has 26 heavy (non-hydrogen) atoms. The molecular formula is C19H24Cl2N4O. The lowest BCUT2D eigenvalue weighted by atomic mass is 9.89. The van der Waals surface area contributed by atoms with Crippen molar-refractivity contribution in [2.24, 2.45) is 13.0 Å². The summed E-state index contributed by atoms with van der Waals surface area (Å²) in [5.41, 5.74) is 2.42. The van der Waals surface area contributed by atoms with Crippen LogP contribution in [-0.2, 0) is 17.3 Å². The van der Waals surface area contributed by atoms with Crippen molar-refractivity contribution in [3.63, 3.8) is 0 Å². The number of nitrogens with zero attached hydrogens (tertiary/aromatic N) is 2. The summed E-state index contributed by atoms with van der Waals surface area (Å²) in [4.78, 5) is 12.8. The Balaban J connectivity index is 0.00000196. The van der Waals surface area contributed by atoms with Crippen LogP contribution < -0.4 is 10.6 Å². The third-order valence-corrected chi connectivity index (χ3v) is 5.83. The number of rotatable bonds is 5. The minimum Gasteiger partial charge on any atom is -0.355 e. The summed E-state index contributed by atoms with van der Waals surface area (Å²) < 4.78 is 1.79. The van der Waals surface area contributed by atoms with Crippen molar-refractivity contribution in [3.05, 3.63) is 52.8 Å². The number of nitrogens with one attached hydrogen (secondary N) is 2. The molecule has 1 aliphatic heterocycles. The van der Waals surface area contributed by atoms with Gasteiger partial charge in [0.05, 0.1) is 12.1 Å². The van der Waals surface area contributed by atoms with Gasteiger partial charge in [-0.15, -0.1) is 12.4 Å². The van der Waals surface area contributed by atoms with Gasteiger partial charge in [0.1, 0.15) is 0 Å². The quantitative estimate of drug-likeness (QED) is 0.819. The van der Waals surface area contributed by atoms with Crippen molar-refractivity contribution in [2.45, 2.75) is 24.2 Å². The maximum absolute atomic E-state index is 12.8. The van der Waals surface area contributed by atoms with Gasteiger partial charge in [-0.05, 0) is 36.1 Å². The Kier molecular flexibility index (Phi) is 5.61. The molecule has 5 nitrogen and oxygen atoms in total. The molecule has 0 unspecified atom stereocenters. The summed E-state index contributed by atoms with van der Waals surface area (Å²) in [6.45, 7) is 2.22. The molecule has 0 bridgehead atoms. The van der Waals surface area contributed by atoms with Crippen LogP contribution in [-0.4, -0.2) is 35.3 Å². The van der Waals surface area contributed by atoms with Gasteiger partial charge < -0.3 is 10.6 Å². The van der Waals surface area contributed by atoms with Crippen molar-refractivity contribution in [3.8, 4) is 0 Å². The van der Waals surface area contributed by atoms with Crippen LogP contribution in [0.4, 0.5) is 0 Å². The summed E-state index contributed by atoms with van der Waals surface area (Å²) in [5, 5.41) is 11.5. The lowest BCUT2D eigenvalue weighted by Gasteiger charge is -2.21. The Morgan fingerprint density at radius 1 is 1.42 bits per heavy atom. The maximum Gasteiger partial charge on any atom is 0.225 e. The first-order valence-corrected chi connectivity index (χ1v) is 9.18. The predicted octanol–water partition coefficient (Wildman–Crippen LogP) is 2.65. The minimum absolute atomic E-state index is 0. The van der Waals surface area contributed by atoms with Crippen LogP contribution >= 0.6 is 24.0 Å². The fourth-order valence-electron chi connectivity index (χ4n) is 3.86. The Hall–Kier alpha value is -1.56. The minimum atomic E-state index is -0.0423. The fourth-order valence-corrected chi connectivity index (χ4v) is 4.05. The van der Waals surface area contributed by atoms with E-state index in [4.69, 9.17) is 11.6 Å². The average Bonchev–Trinajstić information content (AvgIpc) is 3.01. The summed E-state index contributed by atoms with van der Waals surface area (Å²) >= 11 is 6.13. The molecule has 1 saturated heterocycles. The van der Waals surface area contributed by atoms with E-state index in [1.165, 1.54) is 5.56 Å². The SMILES string of the molecule is Cl.Cn1cc([C@H]2CNC[C@@H]2C(=O)NCC2(c3cccc(Cl)c3)CC2)cn1. The fraction of sp³-hybridized carbons (Fsp3) is 0.474. The second-order valence-corrected chi connectivity index (χ2v) is 7.76. The zero-order valence-corrected chi connectivity index (χ0v) is 16.3. The van der Waals surface area contributed by atoms with Gasteiger partial charge in [0.25, 0.3) is 0 Å². The van der Waals surface area contributed by atoms with Crippen LogP contribution in [0.3, 0.4) is 0 Å². The van der Waals surface area contributed by atoms with Crippen LogP contribution in [0, 0.1) is 5.92 Å². The Labute approximate surface area is 164 Å². The third-order valence-electron chi connectivity index (χ3n) is 5.60. The number of hydrogen-bond donors (Lipinski definition) is 2.